The summed E-state index contributed by atoms with van der Waals surface area (Å²) in [4.78, 5) is 15.4. The summed E-state index contributed by atoms with van der Waals surface area (Å²) in [5.41, 5.74) is 5.16. The average molecular weight is 369 g/mol. The summed E-state index contributed by atoms with van der Waals surface area (Å²) in [5.74, 6) is 0.108. The molecule has 26 heavy (non-hydrogen) atoms. The van der Waals surface area contributed by atoms with Gasteiger partial charge in [0.05, 0.1) is 5.56 Å². The molecular formula is C21H23NO3S. The summed E-state index contributed by atoms with van der Waals surface area (Å²) in [6, 6.07) is 6.11. The predicted molar refractivity (Wildman–Crippen MR) is 105 cm³/mol. The fourth-order valence-electron chi connectivity index (χ4n) is 4.25. The van der Waals surface area contributed by atoms with E-state index in [1.807, 2.05) is 30.0 Å². The van der Waals surface area contributed by atoms with Gasteiger partial charge in [0.1, 0.15) is 0 Å². The van der Waals surface area contributed by atoms with Crippen LogP contribution in [0, 0.1) is 6.92 Å². The lowest BCUT2D eigenvalue weighted by atomic mass is 9.85. The van der Waals surface area contributed by atoms with Gasteiger partial charge >= 0.3 is 0 Å². The molecule has 5 heteroatoms. The van der Waals surface area contributed by atoms with Crippen LogP contribution in [0.2, 0.25) is 0 Å². The third kappa shape index (κ3) is 2.57. The first-order chi connectivity index (χ1) is 12.3. The van der Waals surface area contributed by atoms with Crippen LogP contribution in [-0.2, 0) is 22.8 Å². The van der Waals surface area contributed by atoms with E-state index in [2.05, 4.69) is 13.0 Å². The fraction of sp³-hybridized carbons (Fsp3) is 0.381. The molecule has 2 aliphatic rings. The molecule has 4 rings (SSSR count). The fourth-order valence-corrected chi connectivity index (χ4v) is 5.06. The highest BCUT2D eigenvalue weighted by molar-refractivity contribution is 7.94. The zero-order valence-electron chi connectivity index (χ0n) is 15.4. The summed E-state index contributed by atoms with van der Waals surface area (Å²) in [6.07, 6.45) is 5.22. The highest BCUT2D eigenvalue weighted by Gasteiger charge is 2.34. The van der Waals surface area contributed by atoms with E-state index in [0.29, 0.717) is 24.3 Å². The maximum atomic E-state index is 13.0. The number of fused-ring (bicyclic) bond motifs is 6. The zero-order chi connectivity index (χ0) is 18.6. The third-order valence-electron chi connectivity index (χ3n) is 5.47. The molecule has 0 saturated heterocycles. The summed E-state index contributed by atoms with van der Waals surface area (Å²) in [6.45, 7) is 5.49. The number of carbonyl (C=O) groups excluding carboxylic acids is 1. The molecule has 0 aromatic heterocycles. The van der Waals surface area contributed by atoms with E-state index in [9.17, 15) is 13.2 Å². The van der Waals surface area contributed by atoms with Crippen LogP contribution >= 0.6 is 0 Å². The molecule has 0 unspecified atom stereocenters. The SMILES string of the molecule is CCCN1Cc2c3c(c4cc(C)ccc4c2C1=O)C=C(S(C)(=O)=O)CC3. The second kappa shape index (κ2) is 5.95. The topological polar surface area (TPSA) is 54.5 Å². The van der Waals surface area contributed by atoms with Crippen LogP contribution in [0.5, 0.6) is 0 Å². The number of carbonyl (C=O) groups is 1. The third-order valence-corrected chi connectivity index (χ3v) is 6.75. The number of nitrogens with zero attached hydrogens (tertiary/aromatic N) is 1. The Hall–Kier alpha value is -2.14. The molecule has 2 aromatic rings. The van der Waals surface area contributed by atoms with Crippen LogP contribution in [0.25, 0.3) is 16.8 Å². The molecular weight excluding hydrogens is 346 g/mol. The van der Waals surface area contributed by atoms with Crippen molar-refractivity contribution in [1.29, 1.82) is 0 Å². The van der Waals surface area contributed by atoms with Gasteiger partial charge in [-0.3, -0.25) is 4.79 Å². The Morgan fingerprint density at radius 1 is 1.12 bits per heavy atom. The number of allylic oxidation sites excluding steroid dienone is 1. The standard InChI is InChI=1S/C21H23NO3S/c1-4-9-22-12-19-15-8-6-14(26(3,24)25)11-18(15)17-10-13(2)5-7-16(17)20(19)21(22)23/h5,7,10-11H,4,6,8-9,12H2,1-3H3. The molecule has 0 radical (unpaired) electrons. The van der Waals surface area contributed by atoms with E-state index in [1.54, 1.807) is 0 Å². The van der Waals surface area contributed by atoms with E-state index in [0.717, 1.165) is 51.6 Å². The highest BCUT2D eigenvalue weighted by atomic mass is 32.2. The molecule has 4 nitrogen and oxygen atoms in total. The van der Waals surface area contributed by atoms with Gasteiger partial charge in [-0.25, -0.2) is 8.42 Å². The lowest BCUT2D eigenvalue weighted by Gasteiger charge is -2.21. The molecule has 1 aliphatic carbocycles. The first kappa shape index (κ1) is 17.3. The molecule has 1 aliphatic heterocycles. The molecule has 1 heterocycles. The molecule has 0 saturated carbocycles. The van der Waals surface area contributed by atoms with Gasteiger partial charge in [0.15, 0.2) is 9.84 Å². The van der Waals surface area contributed by atoms with Crippen molar-refractivity contribution in [2.45, 2.75) is 39.7 Å². The Morgan fingerprint density at radius 2 is 1.88 bits per heavy atom. The molecule has 136 valence electrons. The Bertz CT molecular complexity index is 1080. The van der Waals surface area contributed by atoms with Gasteiger partial charge in [-0.05, 0) is 59.7 Å². The van der Waals surface area contributed by atoms with Gasteiger partial charge in [0, 0.05) is 24.3 Å². The van der Waals surface area contributed by atoms with Crippen LogP contribution in [0.4, 0.5) is 0 Å². The van der Waals surface area contributed by atoms with E-state index in [1.165, 1.54) is 6.26 Å². The summed E-state index contributed by atoms with van der Waals surface area (Å²) >= 11 is 0. The van der Waals surface area contributed by atoms with Crippen LogP contribution in [-0.4, -0.2) is 32.0 Å². The van der Waals surface area contributed by atoms with E-state index in [4.69, 9.17) is 0 Å². The second-order valence-electron chi connectivity index (χ2n) is 7.40. The van der Waals surface area contributed by atoms with Gasteiger partial charge in [0.25, 0.3) is 5.91 Å². The largest absolute Gasteiger partial charge is 0.334 e. The van der Waals surface area contributed by atoms with Crippen LogP contribution in [0.3, 0.4) is 0 Å². The molecule has 1 amide bonds. The number of hydrogen-bond donors (Lipinski definition) is 0. The quantitative estimate of drug-likeness (QED) is 0.826. The van der Waals surface area contributed by atoms with Crippen LogP contribution in [0.1, 0.15) is 52.4 Å². The van der Waals surface area contributed by atoms with Crippen molar-refractivity contribution in [2.75, 3.05) is 12.8 Å². The summed E-state index contributed by atoms with van der Waals surface area (Å²) in [5, 5.41) is 1.94. The predicted octanol–water partition coefficient (Wildman–Crippen LogP) is 3.85. The lowest BCUT2D eigenvalue weighted by Crippen LogP contribution is -2.24. The maximum Gasteiger partial charge on any atom is 0.255 e. The van der Waals surface area contributed by atoms with E-state index >= 15 is 0 Å². The van der Waals surface area contributed by atoms with Gasteiger partial charge in [-0.15, -0.1) is 0 Å². The highest BCUT2D eigenvalue weighted by Crippen LogP contribution is 2.41. The normalized spacial score (nSPS) is 16.7. The van der Waals surface area contributed by atoms with Crippen molar-refractivity contribution in [3.05, 3.63) is 50.9 Å². The zero-order valence-corrected chi connectivity index (χ0v) is 16.2. The maximum absolute atomic E-state index is 13.0. The number of amides is 1. The van der Waals surface area contributed by atoms with Crippen molar-refractivity contribution >= 4 is 32.6 Å². The Kier molecular flexibility index (Phi) is 3.95. The van der Waals surface area contributed by atoms with Crippen molar-refractivity contribution in [2.24, 2.45) is 0 Å². The Labute approximate surface area is 154 Å². The van der Waals surface area contributed by atoms with Crippen molar-refractivity contribution in [3.63, 3.8) is 0 Å². The van der Waals surface area contributed by atoms with Gasteiger partial charge in [0.2, 0.25) is 0 Å². The smallest absolute Gasteiger partial charge is 0.255 e. The minimum absolute atomic E-state index is 0.108. The number of benzene rings is 2. The van der Waals surface area contributed by atoms with Crippen molar-refractivity contribution in [3.8, 4) is 0 Å². The number of rotatable bonds is 3. The number of hydrogen-bond acceptors (Lipinski definition) is 3. The van der Waals surface area contributed by atoms with Crippen molar-refractivity contribution in [1.82, 2.24) is 4.90 Å². The van der Waals surface area contributed by atoms with Crippen LogP contribution in [0.15, 0.2) is 23.1 Å². The van der Waals surface area contributed by atoms with Gasteiger partial charge < -0.3 is 4.90 Å². The Balaban J connectivity index is 2.05. The van der Waals surface area contributed by atoms with Crippen molar-refractivity contribution < 1.29 is 13.2 Å². The second-order valence-corrected chi connectivity index (χ2v) is 9.47. The lowest BCUT2D eigenvalue weighted by molar-refractivity contribution is 0.0780. The van der Waals surface area contributed by atoms with Gasteiger partial charge in [-0.1, -0.05) is 30.7 Å². The first-order valence-corrected chi connectivity index (χ1v) is 11.0. The molecule has 0 N–H and O–H groups in total. The van der Waals surface area contributed by atoms with Gasteiger partial charge in [-0.2, -0.15) is 0 Å². The van der Waals surface area contributed by atoms with E-state index < -0.39 is 9.84 Å². The minimum Gasteiger partial charge on any atom is -0.334 e. The molecule has 0 spiro atoms. The molecule has 2 aromatic carbocycles. The molecule has 0 fully saturated rings. The van der Waals surface area contributed by atoms with E-state index in [-0.39, 0.29) is 5.91 Å². The summed E-state index contributed by atoms with van der Waals surface area (Å²) < 4.78 is 24.2. The monoisotopic (exact) mass is 369 g/mol. The Morgan fingerprint density at radius 3 is 2.58 bits per heavy atom. The molecule has 0 atom stereocenters. The minimum atomic E-state index is -3.21. The summed E-state index contributed by atoms with van der Waals surface area (Å²) in [7, 11) is -3.21. The first-order valence-electron chi connectivity index (χ1n) is 9.09. The average Bonchev–Trinajstić information content (AvgIpc) is 2.91. The number of aryl methyl sites for hydroxylation is 1. The molecule has 0 bridgehead atoms. The number of sulfone groups is 1. The van der Waals surface area contributed by atoms with Crippen LogP contribution < -0.4 is 0 Å².